The molecular weight excluding hydrogens is 204 g/mol. The van der Waals surface area contributed by atoms with Crippen molar-refractivity contribution in [2.75, 3.05) is 0 Å². The second-order valence-corrected chi connectivity index (χ2v) is 4.80. The summed E-state index contributed by atoms with van der Waals surface area (Å²) in [5.41, 5.74) is 4.62. The second-order valence-electron chi connectivity index (χ2n) is 4.80. The molecule has 0 rings (SSSR count). The van der Waals surface area contributed by atoms with Gasteiger partial charge in [-0.15, -0.1) is 0 Å². The third-order valence-electron chi connectivity index (χ3n) is 3.40. The van der Waals surface area contributed by atoms with Crippen LogP contribution in [-0.2, 0) is 0 Å². The molecule has 0 amide bonds. The Kier molecular flexibility index (Phi) is 9.90. The molecule has 17 heavy (non-hydrogen) atoms. The molecule has 0 unspecified atom stereocenters. The molecule has 0 nitrogen and oxygen atoms in total. The summed E-state index contributed by atoms with van der Waals surface area (Å²) in [4.78, 5) is 0. The lowest BCUT2D eigenvalue weighted by atomic mass is 10.0. The lowest BCUT2D eigenvalue weighted by Crippen LogP contribution is -1.82. The summed E-state index contributed by atoms with van der Waals surface area (Å²) in [6.45, 7) is 11.1. The van der Waals surface area contributed by atoms with E-state index in [1.54, 1.807) is 5.57 Å². The summed E-state index contributed by atoms with van der Waals surface area (Å²) >= 11 is 0. The van der Waals surface area contributed by atoms with Crippen molar-refractivity contribution in [1.29, 1.82) is 0 Å². The molecule has 0 spiro atoms. The molecule has 0 aromatic rings. The third-order valence-corrected chi connectivity index (χ3v) is 3.40. The van der Waals surface area contributed by atoms with Crippen molar-refractivity contribution in [1.82, 2.24) is 0 Å². The molecule has 0 saturated carbocycles. The molecule has 0 bridgehead atoms. The van der Waals surface area contributed by atoms with Crippen LogP contribution < -0.4 is 0 Å². The van der Waals surface area contributed by atoms with Gasteiger partial charge in [0.2, 0.25) is 0 Å². The van der Waals surface area contributed by atoms with E-state index in [0.29, 0.717) is 0 Å². The Morgan fingerprint density at radius 2 is 1.35 bits per heavy atom. The fourth-order valence-corrected chi connectivity index (χ4v) is 1.64. The summed E-state index contributed by atoms with van der Waals surface area (Å²) < 4.78 is 0. The van der Waals surface area contributed by atoms with E-state index in [9.17, 15) is 0 Å². The van der Waals surface area contributed by atoms with Gasteiger partial charge in [0.1, 0.15) is 0 Å². The summed E-state index contributed by atoms with van der Waals surface area (Å²) in [5.74, 6) is 0. The van der Waals surface area contributed by atoms with Crippen LogP contribution in [0.15, 0.2) is 34.9 Å². The van der Waals surface area contributed by atoms with Gasteiger partial charge in [-0.05, 0) is 52.4 Å². The molecule has 0 aromatic heterocycles. The van der Waals surface area contributed by atoms with Crippen LogP contribution in [0.25, 0.3) is 0 Å². The SMILES string of the molecule is CC/C(C)=C/C/C=C(\CC)CC/C=C(\C)CC. The van der Waals surface area contributed by atoms with Crippen molar-refractivity contribution >= 4 is 0 Å². The minimum absolute atomic E-state index is 1.11. The van der Waals surface area contributed by atoms with E-state index in [-0.39, 0.29) is 0 Å². The smallest absolute Gasteiger partial charge is 0.0164 e. The fourth-order valence-electron chi connectivity index (χ4n) is 1.64. The topological polar surface area (TPSA) is 0 Å². The molecule has 0 heteroatoms. The van der Waals surface area contributed by atoms with Crippen LogP contribution in [0.4, 0.5) is 0 Å². The molecule has 0 saturated heterocycles. The maximum absolute atomic E-state index is 2.41. The molecule has 0 heterocycles. The van der Waals surface area contributed by atoms with Gasteiger partial charge in [0, 0.05) is 0 Å². The first kappa shape index (κ1) is 16.2. The summed E-state index contributed by atoms with van der Waals surface area (Å²) in [7, 11) is 0. The van der Waals surface area contributed by atoms with Gasteiger partial charge in [-0.3, -0.25) is 0 Å². The Morgan fingerprint density at radius 3 is 1.88 bits per heavy atom. The predicted molar refractivity (Wildman–Crippen MR) is 80.3 cm³/mol. The third kappa shape index (κ3) is 8.97. The summed E-state index contributed by atoms with van der Waals surface area (Å²) in [6.07, 6.45) is 14.2. The molecular formula is C17H30. The molecule has 0 N–H and O–H groups in total. The highest BCUT2D eigenvalue weighted by atomic mass is 14.0. The van der Waals surface area contributed by atoms with E-state index in [1.165, 1.54) is 43.3 Å². The zero-order chi connectivity index (χ0) is 13.1. The van der Waals surface area contributed by atoms with Crippen molar-refractivity contribution in [3.8, 4) is 0 Å². The molecule has 0 radical (unpaired) electrons. The Hall–Kier alpha value is -0.780. The summed E-state index contributed by atoms with van der Waals surface area (Å²) in [6, 6.07) is 0. The van der Waals surface area contributed by atoms with Crippen molar-refractivity contribution in [2.45, 2.75) is 73.1 Å². The Morgan fingerprint density at radius 1 is 0.765 bits per heavy atom. The van der Waals surface area contributed by atoms with Gasteiger partial charge in [-0.1, -0.05) is 55.7 Å². The van der Waals surface area contributed by atoms with Crippen molar-refractivity contribution < 1.29 is 0 Å². The average Bonchev–Trinajstić information content (AvgIpc) is 2.36. The normalized spacial score (nSPS) is 14.3. The second kappa shape index (κ2) is 10.4. The van der Waals surface area contributed by atoms with E-state index in [2.05, 4.69) is 52.8 Å². The number of hydrogen-bond acceptors (Lipinski definition) is 0. The van der Waals surface area contributed by atoms with Crippen LogP contribution in [0, 0.1) is 0 Å². The van der Waals surface area contributed by atoms with E-state index in [1.807, 2.05) is 0 Å². The van der Waals surface area contributed by atoms with E-state index < -0.39 is 0 Å². The van der Waals surface area contributed by atoms with Crippen molar-refractivity contribution in [3.05, 3.63) is 34.9 Å². The van der Waals surface area contributed by atoms with E-state index in [4.69, 9.17) is 0 Å². The largest absolute Gasteiger partial charge is 0.0853 e. The van der Waals surface area contributed by atoms with Crippen LogP contribution in [-0.4, -0.2) is 0 Å². The highest BCUT2D eigenvalue weighted by Gasteiger charge is 1.93. The predicted octanol–water partition coefficient (Wildman–Crippen LogP) is 6.21. The van der Waals surface area contributed by atoms with E-state index in [0.717, 1.165) is 6.42 Å². The van der Waals surface area contributed by atoms with Crippen LogP contribution in [0.3, 0.4) is 0 Å². The highest BCUT2D eigenvalue weighted by Crippen LogP contribution is 2.13. The van der Waals surface area contributed by atoms with Gasteiger partial charge in [0.15, 0.2) is 0 Å². The maximum atomic E-state index is 2.41. The van der Waals surface area contributed by atoms with Crippen LogP contribution >= 0.6 is 0 Å². The minimum atomic E-state index is 1.11. The lowest BCUT2D eigenvalue weighted by molar-refractivity contribution is 0.887. The molecule has 98 valence electrons. The average molecular weight is 234 g/mol. The van der Waals surface area contributed by atoms with Gasteiger partial charge in [-0.25, -0.2) is 0 Å². The molecule has 0 fully saturated rings. The standard InChI is InChI=1S/C17H30/c1-6-15(4)11-9-13-17(8-3)14-10-12-16(5)7-2/h11-13H,6-10,14H2,1-5H3/b15-11+,16-12+,17-13+. The van der Waals surface area contributed by atoms with Gasteiger partial charge in [-0.2, -0.15) is 0 Å². The number of allylic oxidation sites excluding steroid dienone is 6. The molecule has 0 aliphatic rings. The Labute approximate surface area is 109 Å². The molecule has 0 aliphatic carbocycles. The van der Waals surface area contributed by atoms with Crippen molar-refractivity contribution in [2.24, 2.45) is 0 Å². The maximum Gasteiger partial charge on any atom is -0.0164 e. The number of hydrogen-bond donors (Lipinski definition) is 0. The lowest BCUT2D eigenvalue weighted by Gasteiger charge is -2.03. The quantitative estimate of drug-likeness (QED) is 0.438. The fraction of sp³-hybridized carbons (Fsp3) is 0.647. The van der Waals surface area contributed by atoms with Gasteiger partial charge >= 0.3 is 0 Å². The first-order valence-corrected chi connectivity index (χ1v) is 7.13. The van der Waals surface area contributed by atoms with Gasteiger partial charge in [0.05, 0.1) is 0 Å². The van der Waals surface area contributed by atoms with Crippen LogP contribution in [0.5, 0.6) is 0 Å². The zero-order valence-electron chi connectivity index (χ0n) is 12.5. The van der Waals surface area contributed by atoms with Gasteiger partial charge in [0.25, 0.3) is 0 Å². The first-order chi connectivity index (χ1) is 8.13. The molecule has 0 atom stereocenters. The van der Waals surface area contributed by atoms with Crippen LogP contribution in [0.1, 0.15) is 73.1 Å². The Bertz CT molecular complexity index is 276. The van der Waals surface area contributed by atoms with Gasteiger partial charge < -0.3 is 0 Å². The summed E-state index contributed by atoms with van der Waals surface area (Å²) in [5, 5.41) is 0. The van der Waals surface area contributed by atoms with Crippen molar-refractivity contribution in [3.63, 3.8) is 0 Å². The van der Waals surface area contributed by atoms with Crippen LogP contribution in [0.2, 0.25) is 0 Å². The number of rotatable bonds is 8. The Balaban J connectivity index is 4.11. The minimum Gasteiger partial charge on any atom is -0.0853 e. The monoisotopic (exact) mass is 234 g/mol. The molecule has 0 aliphatic heterocycles. The molecule has 0 aromatic carbocycles. The zero-order valence-corrected chi connectivity index (χ0v) is 12.5. The highest BCUT2D eigenvalue weighted by molar-refractivity contribution is 5.09. The van der Waals surface area contributed by atoms with E-state index >= 15 is 0 Å². The first-order valence-electron chi connectivity index (χ1n) is 7.13.